The second-order valence-electron chi connectivity index (χ2n) is 8.35. The zero-order chi connectivity index (χ0) is 25.7. The van der Waals surface area contributed by atoms with Crippen molar-refractivity contribution in [2.75, 3.05) is 31.5 Å². The second kappa shape index (κ2) is 11.4. The van der Waals surface area contributed by atoms with Gasteiger partial charge in [-0.1, -0.05) is 23.7 Å². The SMILES string of the molecule is O=C(Cc1ccc(NC(=O)c2ocnc2C(=O)NCCN2CC[C@@H](F)C2)cc1)c1ccc(F)cc1Cl. The Morgan fingerprint density at radius 1 is 1.14 bits per heavy atom. The summed E-state index contributed by atoms with van der Waals surface area (Å²) in [6.07, 6.45) is 0.693. The highest BCUT2D eigenvalue weighted by Crippen LogP contribution is 2.20. The molecule has 1 aliphatic rings. The summed E-state index contributed by atoms with van der Waals surface area (Å²) in [6, 6.07) is 10.1. The first kappa shape index (κ1) is 25.5. The molecule has 1 aromatic heterocycles. The maximum atomic E-state index is 13.3. The van der Waals surface area contributed by atoms with Crippen LogP contribution in [0.1, 0.15) is 43.4 Å². The van der Waals surface area contributed by atoms with Crippen LogP contribution >= 0.6 is 11.6 Å². The Kier molecular flexibility index (Phi) is 8.07. The Hall–Kier alpha value is -3.63. The van der Waals surface area contributed by atoms with E-state index in [0.29, 0.717) is 37.3 Å². The number of hydrogen-bond donors (Lipinski definition) is 2. The standard InChI is InChI=1S/C25H23ClF2N4O4/c26-20-12-16(27)3-6-19(20)21(33)11-15-1-4-18(5-2-15)31-25(35)23-22(30-14-36-23)24(34)29-8-10-32-9-7-17(28)13-32/h1-6,12,14,17H,7-11,13H2,(H,29,34)(H,31,35)/t17-/m1/s1. The highest BCUT2D eigenvalue weighted by molar-refractivity contribution is 6.34. The molecule has 36 heavy (non-hydrogen) atoms. The van der Waals surface area contributed by atoms with Gasteiger partial charge in [0.15, 0.2) is 17.9 Å². The first-order valence-corrected chi connectivity index (χ1v) is 11.6. The molecule has 1 saturated heterocycles. The van der Waals surface area contributed by atoms with Gasteiger partial charge in [-0.05, 0) is 42.3 Å². The number of aromatic nitrogens is 1. The number of nitrogens with one attached hydrogen (secondary N) is 2. The number of nitrogens with zero attached hydrogens (tertiary/aromatic N) is 2. The quantitative estimate of drug-likeness (QED) is 0.418. The van der Waals surface area contributed by atoms with Gasteiger partial charge in [0.05, 0.1) is 5.02 Å². The number of anilines is 1. The van der Waals surface area contributed by atoms with Crippen LogP contribution < -0.4 is 10.6 Å². The van der Waals surface area contributed by atoms with Crippen LogP contribution in [0.2, 0.25) is 5.02 Å². The Morgan fingerprint density at radius 2 is 1.92 bits per heavy atom. The normalized spacial score (nSPS) is 15.6. The van der Waals surface area contributed by atoms with E-state index in [-0.39, 0.29) is 40.8 Å². The topological polar surface area (TPSA) is 105 Å². The zero-order valence-corrected chi connectivity index (χ0v) is 19.9. The first-order chi connectivity index (χ1) is 17.3. The van der Waals surface area contributed by atoms with Gasteiger partial charge in [0, 0.05) is 43.9 Å². The molecule has 0 aliphatic carbocycles. The molecule has 1 fully saturated rings. The van der Waals surface area contributed by atoms with E-state index in [1.165, 1.54) is 12.1 Å². The lowest BCUT2D eigenvalue weighted by Crippen LogP contribution is -2.34. The van der Waals surface area contributed by atoms with Gasteiger partial charge in [-0.25, -0.2) is 13.8 Å². The number of halogens is 3. The van der Waals surface area contributed by atoms with Gasteiger partial charge in [0.1, 0.15) is 12.0 Å². The predicted molar refractivity (Wildman–Crippen MR) is 129 cm³/mol. The minimum atomic E-state index is -0.839. The Labute approximate surface area is 210 Å². The van der Waals surface area contributed by atoms with Crippen LogP contribution in [0.4, 0.5) is 14.5 Å². The van der Waals surface area contributed by atoms with Crippen molar-refractivity contribution in [3.05, 3.63) is 82.3 Å². The zero-order valence-electron chi connectivity index (χ0n) is 19.1. The molecule has 0 bridgehead atoms. The molecule has 188 valence electrons. The summed E-state index contributed by atoms with van der Waals surface area (Å²) in [7, 11) is 0. The molecule has 1 atom stereocenters. The van der Waals surface area contributed by atoms with Crippen molar-refractivity contribution in [1.82, 2.24) is 15.2 Å². The third-order valence-corrected chi connectivity index (χ3v) is 6.04. The molecule has 1 aliphatic heterocycles. The average Bonchev–Trinajstić information content (AvgIpc) is 3.49. The number of likely N-dealkylation sites (tertiary alicyclic amines) is 1. The molecule has 0 spiro atoms. The molecular formula is C25H23ClF2N4O4. The van der Waals surface area contributed by atoms with E-state index in [9.17, 15) is 23.2 Å². The summed E-state index contributed by atoms with van der Waals surface area (Å²) in [5.41, 5.74) is 1.14. The highest BCUT2D eigenvalue weighted by Gasteiger charge is 2.24. The number of ketones is 1. The molecule has 4 rings (SSSR count). The van der Waals surface area contributed by atoms with E-state index in [2.05, 4.69) is 15.6 Å². The number of amides is 2. The van der Waals surface area contributed by atoms with Crippen molar-refractivity contribution in [3.8, 4) is 0 Å². The van der Waals surface area contributed by atoms with Crippen LogP contribution in [-0.4, -0.2) is 59.8 Å². The molecular weight excluding hydrogens is 494 g/mol. The number of carbonyl (C=O) groups is 3. The summed E-state index contributed by atoms with van der Waals surface area (Å²) in [4.78, 5) is 43.3. The number of benzene rings is 2. The molecule has 2 N–H and O–H groups in total. The van der Waals surface area contributed by atoms with Crippen molar-refractivity contribution in [2.24, 2.45) is 0 Å². The molecule has 8 nitrogen and oxygen atoms in total. The van der Waals surface area contributed by atoms with Crippen molar-refractivity contribution in [3.63, 3.8) is 0 Å². The fraction of sp³-hybridized carbons (Fsp3) is 0.280. The summed E-state index contributed by atoms with van der Waals surface area (Å²) in [5, 5.41) is 5.33. The predicted octanol–water partition coefficient (Wildman–Crippen LogP) is 3.92. The average molecular weight is 517 g/mol. The van der Waals surface area contributed by atoms with Gasteiger partial charge in [0.2, 0.25) is 5.76 Å². The third kappa shape index (κ3) is 6.32. The van der Waals surface area contributed by atoms with Crippen molar-refractivity contribution < 1.29 is 27.6 Å². The van der Waals surface area contributed by atoms with Gasteiger partial charge in [-0.15, -0.1) is 0 Å². The monoisotopic (exact) mass is 516 g/mol. The van der Waals surface area contributed by atoms with E-state index in [4.69, 9.17) is 16.0 Å². The first-order valence-electron chi connectivity index (χ1n) is 11.3. The maximum Gasteiger partial charge on any atom is 0.293 e. The van der Waals surface area contributed by atoms with Crippen molar-refractivity contribution in [2.45, 2.75) is 19.0 Å². The number of alkyl halides is 1. The van der Waals surface area contributed by atoms with Crippen LogP contribution in [-0.2, 0) is 6.42 Å². The summed E-state index contributed by atoms with van der Waals surface area (Å²) < 4.78 is 31.6. The van der Waals surface area contributed by atoms with Crippen molar-refractivity contribution in [1.29, 1.82) is 0 Å². The van der Waals surface area contributed by atoms with E-state index < -0.39 is 23.8 Å². The lowest BCUT2D eigenvalue weighted by atomic mass is 10.0. The smallest absolute Gasteiger partial charge is 0.293 e. The maximum absolute atomic E-state index is 13.3. The molecule has 2 aromatic carbocycles. The van der Waals surface area contributed by atoms with Gasteiger partial charge in [-0.3, -0.25) is 19.3 Å². The van der Waals surface area contributed by atoms with Crippen LogP contribution in [0.3, 0.4) is 0 Å². The van der Waals surface area contributed by atoms with Crippen LogP contribution in [0.15, 0.2) is 53.3 Å². The number of oxazole rings is 1. The number of rotatable bonds is 9. The molecule has 3 aromatic rings. The summed E-state index contributed by atoms with van der Waals surface area (Å²) >= 11 is 5.95. The fourth-order valence-electron chi connectivity index (χ4n) is 3.86. The lowest BCUT2D eigenvalue weighted by Gasteiger charge is -2.14. The minimum Gasteiger partial charge on any atom is -0.437 e. The van der Waals surface area contributed by atoms with E-state index >= 15 is 0 Å². The number of Topliss-reactive ketones (excluding diaryl/α,β-unsaturated/α-hetero) is 1. The van der Waals surface area contributed by atoms with E-state index in [1.54, 1.807) is 24.3 Å². The molecule has 0 saturated carbocycles. The Balaban J connectivity index is 1.31. The second-order valence-corrected chi connectivity index (χ2v) is 8.75. The van der Waals surface area contributed by atoms with Gasteiger partial charge in [-0.2, -0.15) is 0 Å². The van der Waals surface area contributed by atoms with Crippen LogP contribution in [0.25, 0.3) is 0 Å². The summed E-state index contributed by atoms with van der Waals surface area (Å²) in [6.45, 7) is 1.76. The molecule has 11 heteroatoms. The largest absolute Gasteiger partial charge is 0.437 e. The highest BCUT2D eigenvalue weighted by atomic mass is 35.5. The molecule has 0 radical (unpaired) electrons. The Bertz CT molecular complexity index is 1270. The Morgan fingerprint density at radius 3 is 2.61 bits per heavy atom. The van der Waals surface area contributed by atoms with Crippen LogP contribution in [0.5, 0.6) is 0 Å². The van der Waals surface area contributed by atoms with Gasteiger partial charge in [0.25, 0.3) is 11.8 Å². The van der Waals surface area contributed by atoms with E-state index in [0.717, 1.165) is 12.5 Å². The number of carbonyl (C=O) groups excluding carboxylic acids is 3. The summed E-state index contributed by atoms with van der Waals surface area (Å²) in [5.74, 6) is -2.29. The number of hydrogen-bond acceptors (Lipinski definition) is 6. The lowest BCUT2D eigenvalue weighted by molar-refractivity contribution is 0.0925. The van der Waals surface area contributed by atoms with Gasteiger partial charge >= 0.3 is 0 Å². The molecule has 0 unspecified atom stereocenters. The fourth-order valence-corrected chi connectivity index (χ4v) is 4.13. The molecule has 2 heterocycles. The third-order valence-electron chi connectivity index (χ3n) is 5.73. The van der Waals surface area contributed by atoms with Crippen LogP contribution in [0, 0.1) is 5.82 Å². The van der Waals surface area contributed by atoms with Gasteiger partial charge < -0.3 is 15.1 Å². The minimum absolute atomic E-state index is 0.0371. The van der Waals surface area contributed by atoms with Crippen molar-refractivity contribution >= 4 is 34.9 Å². The molecule has 2 amide bonds. The van der Waals surface area contributed by atoms with E-state index in [1.807, 2.05) is 4.90 Å².